The van der Waals surface area contributed by atoms with Gasteiger partial charge in [-0.3, -0.25) is 4.57 Å². The molecule has 5 nitrogen and oxygen atoms in total. The van der Waals surface area contributed by atoms with E-state index in [0.717, 1.165) is 54.8 Å². The molecule has 0 amide bonds. The second-order valence-corrected chi connectivity index (χ2v) is 16.9. The number of hydrogen-bond donors (Lipinski definition) is 0. The topological polar surface area (TPSA) is 58.6 Å². The fourth-order valence-electron chi connectivity index (χ4n) is 9.38. The molecule has 0 aromatic rings. The van der Waals surface area contributed by atoms with E-state index in [1.165, 1.54) is 56.9 Å². The quantitative estimate of drug-likeness (QED) is 0.151. The number of nitrogens with zero attached hydrogens (tertiary/aromatic N) is 1. The number of likely N-dealkylation sites (N-methyl/N-ethyl adjacent to an activating group) is 1. The van der Waals surface area contributed by atoms with Crippen LogP contribution in [0.4, 0.5) is 0 Å². The predicted molar refractivity (Wildman–Crippen MR) is 154 cm³/mol. The van der Waals surface area contributed by atoms with Crippen molar-refractivity contribution in [3.63, 3.8) is 0 Å². The van der Waals surface area contributed by atoms with E-state index in [-0.39, 0.29) is 18.1 Å². The van der Waals surface area contributed by atoms with Crippen LogP contribution >= 0.6 is 7.82 Å². The number of rotatable bonds is 11. The van der Waals surface area contributed by atoms with Gasteiger partial charge in [-0.15, -0.1) is 0 Å². The van der Waals surface area contributed by atoms with Crippen molar-refractivity contribution < 1.29 is 23.0 Å². The van der Waals surface area contributed by atoms with Crippen molar-refractivity contribution >= 4 is 7.82 Å². The van der Waals surface area contributed by atoms with Crippen molar-refractivity contribution in [3.8, 4) is 0 Å². The molecule has 0 spiro atoms. The summed E-state index contributed by atoms with van der Waals surface area (Å²) in [5.74, 6) is 4.90. The summed E-state index contributed by atoms with van der Waals surface area (Å²) in [5.41, 5.74) is 2.16. The van der Waals surface area contributed by atoms with Gasteiger partial charge >= 0.3 is 0 Å². The van der Waals surface area contributed by atoms with E-state index in [2.05, 4.69) is 40.7 Å². The number of phosphoric acid groups is 1. The van der Waals surface area contributed by atoms with Gasteiger partial charge in [0.25, 0.3) is 7.82 Å². The van der Waals surface area contributed by atoms with E-state index in [1.807, 2.05) is 21.1 Å². The number of quaternary nitrogens is 1. The summed E-state index contributed by atoms with van der Waals surface area (Å²) < 4.78 is 24.1. The molecule has 4 aliphatic rings. The molecular weight excluding hydrogens is 493 g/mol. The van der Waals surface area contributed by atoms with Crippen LogP contribution in [0, 0.1) is 46.3 Å². The summed E-state index contributed by atoms with van der Waals surface area (Å²) in [6, 6.07) is 0. The first-order valence-electron chi connectivity index (χ1n) is 15.8. The van der Waals surface area contributed by atoms with Crippen molar-refractivity contribution in [3.05, 3.63) is 11.6 Å². The SMILES string of the molecule is CC(C)CCC[C@@H](C)C1CCC2[C@@H]3CC=C4C[C@@H](OP(=O)([O-])OCC[N+](C)(C)C)CC[C@]4(C)C3CC[C@@]21C. The Balaban J connectivity index is 1.38. The second kappa shape index (κ2) is 11.6. The highest BCUT2D eigenvalue weighted by Crippen LogP contribution is 2.67. The molecule has 0 heterocycles. The minimum absolute atomic E-state index is 0.165. The van der Waals surface area contributed by atoms with E-state index >= 15 is 0 Å². The average molecular weight is 552 g/mol. The molecule has 9 atom stereocenters. The smallest absolute Gasteiger partial charge is 0.268 e. The molecule has 38 heavy (non-hydrogen) atoms. The van der Waals surface area contributed by atoms with E-state index in [9.17, 15) is 9.46 Å². The minimum atomic E-state index is -4.29. The number of allylic oxidation sites excluding steroid dienone is 1. The molecule has 220 valence electrons. The highest BCUT2D eigenvalue weighted by atomic mass is 31.2. The van der Waals surface area contributed by atoms with Gasteiger partial charge in [0, 0.05) is 0 Å². The Bertz CT molecular complexity index is 896. The van der Waals surface area contributed by atoms with Crippen LogP contribution in [-0.4, -0.2) is 44.9 Å². The zero-order chi connectivity index (χ0) is 27.9. The Hall–Kier alpha value is -0.190. The van der Waals surface area contributed by atoms with Crippen LogP contribution < -0.4 is 4.89 Å². The average Bonchev–Trinajstić information content (AvgIpc) is 3.15. The van der Waals surface area contributed by atoms with Gasteiger partial charge in [-0.2, -0.15) is 0 Å². The number of phosphoric ester groups is 1. The highest BCUT2D eigenvalue weighted by Gasteiger charge is 2.59. The van der Waals surface area contributed by atoms with Crippen LogP contribution in [-0.2, 0) is 13.6 Å². The molecule has 4 aliphatic carbocycles. The van der Waals surface area contributed by atoms with Gasteiger partial charge < -0.3 is 18.4 Å². The maximum Gasteiger partial charge on any atom is 0.268 e. The van der Waals surface area contributed by atoms with Gasteiger partial charge in [-0.1, -0.05) is 65.5 Å². The summed E-state index contributed by atoms with van der Waals surface area (Å²) >= 11 is 0. The lowest BCUT2D eigenvalue weighted by Gasteiger charge is -2.58. The first-order chi connectivity index (χ1) is 17.6. The first kappa shape index (κ1) is 30.8. The zero-order valence-corrected chi connectivity index (χ0v) is 26.7. The van der Waals surface area contributed by atoms with Crippen LogP contribution in [0.5, 0.6) is 0 Å². The molecule has 0 aromatic carbocycles. The molecule has 6 heteroatoms. The van der Waals surface area contributed by atoms with Crippen molar-refractivity contribution in [1.29, 1.82) is 0 Å². The third kappa shape index (κ3) is 6.64. The molecule has 0 N–H and O–H groups in total. The first-order valence-corrected chi connectivity index (χ1v) is 17.2. The fourth-order valence-corrected chi connectivity index (χ4v) is 10.3. The fraction of sp³-hybridized carbons (Fsp3) is 0.938. The van der Waals surface area contributed by atoms with E-state index in [4.69, 9.17) is 9.05 Å². The molecule has 0 aromatic heterocycles. The molecule has 0 aliphatic heterocycles. The second-order valence-electron chi connectivity index (χ2n) is 15.6. The molecule has 0 bridgehead atoms. The zero-order valence-electron chi connectivity index (χ0n) is 25.8. The minimum Gasteiger partial charge on any atom is -0.756 e. The lowest BCUT2D eigenvalue weighted by atomic mass is 9.47. The van der Waals surface area contributed by atoms with E-state index in [0.29, 0.717) is 16.4 Å². The third-order valence-electron chi connectivity index (χ3n) is 11.5. The molecule has 4 rings (SSSR count). The van der Waals surface area contributed by atoms with Crippen LogP contribution in [0.3, 0.4) is 0 Å². The highest BCUT2D eigenvalue weighted by molar-refractivity contribution is 7.45. The number of fused-ring (bicyclic) bond motifs is 5. The predicted octanol–water partition coefficient (Wildman–Crippen LogP) is 7.60. The Kier molecular flexibility index (Phi) is 9.38. The third-order valence-corrected chi connectivity index (χ3v) is 12.6. The normalized spacial score (nSPS) is 39.6. The molecular formula is C32H58NO4P. The Labute approximate surface area is 234 Å². The van der Waals surface area contributed by atoms with Crippen molar-refractivity contribution in [2.75, 3.05) is 34.3 Å². The van der Waals surface area contributed by atoms with Crippen LogP contribution in [0.25, 0.3) is 0 Å². The number of hydrogen-bond acceptors (Lipinski definition) is 4. The molecule has 4 unspecified atom stereocenters. The standard InChI is InChI=1S/C32H58NO4P/c1-23(2)10-9-11-24(3)28-14-15-29-27-13-12-25-22-26(37-38(34,35)36-21-20-33(6,7)8)16-18-31(25,4)30(27)17-19-32(28,29)5/h12,23-24,26-30H,9-11,13-22H2,1-8H3/t24-,26+,27+,28?,29?,30?,31+,32-/m1/s1. The van der Waals surface area contributed by atoms with Crippen LogP contribution in [0.15, 0.2) is 11.6 Å². The van der Waals surface area contributed by atoms with Gasteiger partial charge in [0.1, 0.15) is 13.2 Å². The Morgan fingerprint density at radius 1 is 1.05 bits per heavy atom. The van der Waals surface area contributed by atoms with Crippen LogP contribution in [0.1, 0.15) is 105 Å². The van der Waals surface area contributed by atoms with Crippen molar-refractivity contribution in [2.24, 2.45) is 46.3 Å². The molecule has 0 saturated heterocycles. The lowest BCUT2D eigenvalue weighted by molar-refractivity contribution is -0.870. The Morgan fingerprint density at radius 3 is 2.47 bits per heavy atom. The summed E-state index contributed by atoms with van der Waals surface area (Å²) in [7, 11) is 1.79. The van der Waals surface area contributed by atoms with Gasteiger partial charge in [-0.05, 0) is 97.7 Å². The summed E-state index contributed by atoms with van der Waals surface area (Å²) in [5, 5.41) is 0. The van der Waals surface area contributed by atoms with E-state index < -0.39 is 7.82 Å². The van der Waals surface area contributed by atoms with Gasteiger partial charge in [0.2, 0.25) is 0 Å². The summed E-state index contributed by atoms with van der Waals surface area (Å²) in [6.07, 6.45) is 15.6. The van der Waals surface area contributed by atoms with Gasteiger partial charge in [-0.25, -0.2) is 0 Å². The maximum atomic E-state index is 12.6. The van der Waals surface area contributed by atoms with Crippen molar-refractivity contribution in [2.45, 2.75) is 111 Å². The lowest BCUT2D eigenvalue weighted by Crippen LogP contribution is -2.51. The maximum absolute atomic E-state index is 12.6. The summed E-state index contributed by atoms with van der Waals surface area (Å²) in [4.78, 5) is 12.6. The van der Waals surface area contributed by atoms with E-state index in [1.54, 1.807) is 0 Å². The van der Waals surface area contributed by atoms with Crippen LogP contribution in [0.2, 0.25) is 0 Å². The molecule has 3 saturated carbocycles. The Morgan fingerprint density at radius 2 is 1.79 bits per heavy atom. The van der Waals surface area contributed by atoms with Gasteiger partial charge in [0.05, 0.1) is 27.2 Å². The molecule has 0 radical (unpaired) electrons. The summed E-state index contributed by atoms with van der Waals surface area (Å²) in [6.45, 7) is 13.2. The largest absolute Gasteiger partial charge is 0.756 e. The monoisotopic (exact) mass is 551 g/mol. The van der Waals surface area contributed by atoms with Crippen molar-refractivity contribution in [1.82, 2.24) is 0 Å². The molecule has 3 fully saturated rings. The van der Waals surface area contributed by atoms with Gasteiger partial charge in [0.15, 0.2) is 0 Å².